The van der Waals surface area contributed by atoms with Gasteiger partial charge < -0.3 is 15.0 Å². The third kappa shape index (κ3) is 4.78. The summed E-state index contributed by atoms with van der Waals surface area (Å²) in [5.41, 5.74) is 0.912. The molecule has 1 fully saturated rings. The first-order valence-electron chi connectivity index (χ1n) is 6.90. The zero-order valence-electron chi connectivity index (χ0n) is 11.7. The summed E-state index contributed by atoms with van der Waals surface area (Å²) >= 11 is 3.14. The number of hydrogen-bond donors (Lipinski definition) is 1. The fraction of sp³-hybridized carbons (Fsp3) is 0.571. The molecular weight excluding hydrogens is 349 g/mol. The van der Waals surface area contributed by atoms with E-state index in [0.29, 0.717) is 10.4 Å². The Kier molecular flexibility index (Phi) is 5.37. The smallest absolute Gasteiger partial charge is 0.405 e. The summed E-state index contributed by atoms with van der Waals surface area (Å²) in [7, 11) is 0. The molecule has 0 saturated carbocycles. The van der Waals surface area contributed by atoms with Gasteiger partial charge in [0.05, 0.1) is 4.47 Å². The van der Waals surface area contributed by atoms with Crippen molar-refractivity contribution in [2.24, 2.45) is 5.92 Å². The lowest BCUT2D eigenvalue weighted by Gasteiger charge is -2.20. The predicted molar refractivity (Wildman–Crippen MR) is 79.7 cm³/mol. The van der Waals surface area contributed by atoms with Gasteiger partial charge in [0, 0.05) is 18.8 Å². The average molecular weight is 367 g/mol. The molecule has 1 N–H and O–H groups in total. The van der Waals surface area contributed by atoms with Gasteiger partial charge in [-0.25, -0.2) is 0 Å². The molecule has 118 valence electrons. The Hall–Kier alpha value is -0.950. The van der Waals surface area contributed by atoms with Crippen LogP contribution in [0, 0.1) is 5.92 Å². The highest BCUT2D eigenvalue weighted by Crippen LogP contribution is 2.34. The maximum absolute atomic E-state index is 12.2. The largest absolute Gasteiger partial charge is 0.573 e. The molecule has 2 rings (SSSR count). The second-order valence-electron chi connectivity index (χ2n) is 5.07. The van der Waals surface area contributed by atoms with Gasteiger partial charge in [-0.05, 0) is 59.6 Å². The van der Waals surface area contributed by atoms with Crippen LogP contribution >= 0.6 is 15.9 Å². The fourth-order valence-corrected chi connectivity index (χ4v) is 2.92. The van der Waals surface area contributed by atoms with E-state index in [1.807, 2.05) is 0 Å². The number of halogens is 4. The maximum atomic E-state index is 12.2. The van der Waals surface area contributed by atoms with E-state index < -0.39 is 6.36 Å². The van der Waals surface area contributed by atoms with Gasteiger partial charge in [-0.3, -0.25) is 0 Å². The first-order valence-corrected chi connectivity index (χ1v) is 7.69. The van der Waals surface area contributed by atoms with Crippen molar-refractivity contribution in [3.8, 4) is 5.75 Å². The number of ether oxygens (including phenoxy) is 1. The van der Waals surface area contributed by atoms with E-state index in [1.54, 1.807) is 12.1 Å². The van der Waals surface area contributed by atoms with Gasteiger partial charge in [0.1, 0.15) is 5.75 Å². The van der Waals surface area contributed by atoms with Crippen LogP contribution in [0.4, 0.5) is 18.9 Å². The normalized spacial score (nSPS) is 19.1. The molecule has 1 aromatic carbocycles. The van der Waals surface area contributed by atoms with Gasteiger partial charge in [0.2, 0.25) is 0 Å². The zero-order valence-corrected chi connectivity index (χ0v) is 13.3. The van der Waals surface area contributed by atoms with Crippen molar-refractivity contribution in [3.05, 3.63) is 22.7 Å². The lowest BCUT2D eigenvalue weighted by molar-refractivity contribution is -0.274. The first-order chi connectivity index (χ1) is 9.89. The highest BCUT2D eigenvalue weighted by Gasteiger charge is 2.32. The quantitative estimate of drug-likeness (QED) is 0.857. The Morgan fingerprint density at radius 1 is 1.43 bits per heavy atom. The summed E-state index contributed by atoms with van der Waals surface area (Å²) < 4.78 is 41.0. The summed E-state index contributed by atoms with van der Waals surface area (Å²) in [5, 5.41) is 3.33. The summed E-state index contributed by atoms with van der Waals surface area (Å²) in [6.07, 6.45) is -3.58. The molecule has 7 heteroatoms. The minimum atomic E-state index is -4.67. The molecule has 0 aliphatic carbocycles. The van der Waals surface area contributed by atoms with Crippen LogP contribution in [0.15, 0.2) is 22.7 Å². The average Bonchev–Trinajstić information content (AvgIpc) is 2.86. The van der Waals surface area contributed by atoms with E-state index >= 15 is 0 Å². The predicted octanol–water partition coefficient (Wildman–Crippen LogP) is 3.78. The molecule has 0 amide bonds. The van der Waals surface area contributed by atoms with Gasteiger partial charge in [-0.15, -0.1) is 13.2 Å². The van der Waals surface area contributed by atoms with E-state index in [0.717, 1.165) is 38.3 Å². The summed E-state index contributed by atoms with van der Waals surface area (Å²) in [4.78, 5) is 2.18. The molecule has 0 radical (unpaired) electrons. The van der Waals surface area contributed by atoms with Crippen LogP contribution in [0.2, 0.25) is 0 Å². The van der Waals surface area contributed by atoms with Crippen LogP contribution in [0.1, 0.15) is 13.3 Å². The van der Waals surface area contributed by atoms with Crippen LogP contribution in [-0.4, -0.2) is 32.5 Å². The fourth-order valence-electron chi connectivity index (χ4n) is 2.48. The Balaban J connectivity index is 2.00. The molecule has 0 spiro atoms. The van der Waals surface area contributed by atoms with Gasteiger partial charge in [-0.2, -0.15) is 0 Å². The molecule has 0 aromatic heterocycles. The SMILES string of the molecule is CCNCC1CCN(c2ccc(OC(F)(F)F)c(Br)c2)C1. The van der Waals surface area contributed by atoms with Crippen molar-refractivity contribution < 1.29 is 17.9 Å². The Labute approximate surface area is 130 Å². The molecule has 1 aliphatic rings. The van der Waals surface area contributed by atoms with E-state index in [4.69, 9.17) is 0 Å². The Bertz CT molecular complexity index is 482. The molecule has 1 saturated heterocycles. The van der Waals surface area contributed by atoms with Crippen molar-refractivity contribution in [2.75, 3.05) is 31.1 Å². The third-order valence-electron chi connectivity index (χ3n) is 3.48. The topological polar surface area (TPSA) is 24.5 Å². The van der Waals surface area contributed by atoms with Crippen molar-refractivity contribution >= 4 is 21.6 Å². The van der Waals surface area contributed by atoms with Gasteiger partial charge in [-0.1, -0.05) is 6.92 Å². The van der Waals surface area contributed by atoms with Crippen LogP contribution in [-0.2, 0) is 0 Å². The Morgan fingerprint density at radius 3 is 2.81 bits per heavy atom. The molecule has 1 heterocycles. The molecule has 1 aromatic rings. The zero-order chi connectivity index (χ0) is 15.5. The maximum Gasteiger partial charge on any atom is 0.573 e. The van der Waals surface area contributed by atoms with E-state index in [9.17, 15) is 13.2 Å². The summed E-state index contributed by atoms with van der Waals surface area (Å²) in [6, 6.07) is 4.70. The molecule has 21 heavy (non-hydrogen) atoms. The highest BCUT2D eigenvalue weighted by atomic mass is 79.9. The molecular formula is C14H18BrF3N2O. The van der Waals surface area contributed by atoms with Gasteiger partial charge in [0.15, 0.2) is 0 Å². The van der Waals surface area contributed by atoms with Gasteiger partial charge >= 0.3 is 6.36 Å². The lowest BCUT2D eigenvalue weighted by Crippen LogP contribution is -2.26. The van der Waals surface area contributed by atoms with Crippen LogP contribution in [0.25, 0.3) is 0 Å². The van der Waals surface area contributed by atoms with E-state index in [1.165, 1.54) is 6.07 Å². The molecule has 1 aliphatic heterocycles. The summed E-state index contributed by atoms with van der Waals surface area (Å²) in [6.45, 7) is 5.83. The van der Waals surface area contributed by atoms with Crippen molar-refractivity contribution in [1.29, 1.82) is 0 Å². The number of rotatable bonds is 5. The van der Waals surface area contributed by atoms with E-state index in [2.05, 4.69) is 37.8 Å². The van der Waals surface area contributed by atoms with Crippen LogP contribution < -0.4 is 15.0 Å². The number of anilines is 1. The van der Waals surface area contributed by atoms with Crippen LogP contribution in [0.3, 0.4) is 0 Å². The van der Waals surface area contributed by atoms with Crippen molar-refractivity contribution in [1.82, 2.24) is 5.32 Å². The molecule has 3 nitrogen and oxygen atoms in total. The van der Waals surface area contributed by atoms with Crippen molar-refractivity contribution in [3.63, 3.8) is 0 Å². The van der Waals surface area contributed by atoms with E-state index in [-0.39, 0.29) is 5.75 Å². The highest BCUT2D eigenvalue weighted by molar-refractivity contribution is 9.10. The molecule has 0 bridgehead atoms. The standard InChI is InChI=1S/C14H18BrF3N2O/c1-2-19-8-10-5-6-20(9-10)11-3-4-13(12(15)7-11)21-14(16,17)18/h3-4,7,10,19H,2,5-6,8-9H2,1H3. The molecule has 1 atom stereocenters. The lowest BCUT2D eigenvalue weighted by atomic mass is 10.1. The second-order valence-corrected chi connectivity index (χ2v) is 5.93. The number of benzene rings is 1. The second kappa shape index (κ2) is 6.87. The number of alkyl halides is 3. The first kappa shape index (κ1) is 16.4. The third-order valence-corrected chi connectivity index (χ3v) is 4.09. The minimum absolute atomic E-state index is 0.213. The van der Waals surface area contributed by atoms with Crippen LogP contribution in [0.5, 0.6) is 5.75 Å². The molecule has 1 unspecified atom stereocenters. The summed E-state index contributed by atoms with van der Waals surface area (Å²) in [5.74, 6) is 0.365. The number of nitrogens with one attached hydrogen (secondary N) is 1. The van der Waals surface area contributed by atoms with Crippen molar-refractivity contribution in [2.45, 2.75) is 19.7 Å². The minimum Gasteiger partial charge on any atom is -0.405 e. The Morgan fingerprint density at radius 2 is 2.19 bits per heavy atom. The monoisotopic (exact) mass is 366 g/mol. The van der Waals surface area contributed by atoms with Gasteiger partial charge in [0.25, 0.3) is 0 Å². The number of hydrogen-bond acceptors (Lipinski definition) is 3. The number of nitrogens with zero attached hydrogens (tertiary/aromatic N) is 1.